The lowest BCUT2D eigenvalue weighted by atomic mass is 10.0. The first-order valence-corrected chi connectivity index (χ1v) is 6.87. The van der Waals surface area contributed by atoms with Crippen LogP contribution in [0.3, 0.4) is 0 Å². The smallest absolute Gasteiger partial charge is 0.191 e. The van der Waals surface area contributed by atoms with Crippen LogP contribution < -0.4 is 10.6 Å². The normalized spacial score (nSPS) is 22.6. The van der Waals surface area contributed by atoms with Crippen molar-refractivity contribution in [1.82, 2.24) is 10.6 Å². The van der Waals surface area contributed by atoms with E-state index < -0.39 is 0 Å². The van der Waals surface area contributed by atoms with E-state index in [0.29, 0.717) is 12.6 Å². The van der Waals surface area contributed by atoms with Gasteiger partial charge in [-0.05, 0) is 17.9 Å². The fourth-order valence-electron chi connectivity index (χ4n) is 2.13. The first-order valence-electron chi connectivity index (χ1n) is 6.87. The Balaban J connectivity index is 0.00000200. The largest absolute Gasteiger partial charge is 0.396 e. The maximum atomic E-state index is 9.50. The van der Waals surface area contributed by atoms with E-state index in [0.717, 1.165) is 17.4 Å². The molecule has 1 fully saturated rings. The summed E-state index contributed by atoms with van der Waals surface area (Å²) in [5.74, 6) is 1.65. The molecule has 0 spiro atoms. The minimum Gasteiger partial charge on any atom is -0.396 e. The molecular formula is C15H24IN3O. The van der Waals surface area contributed by atoms with Gasteiger partial charge in [0.15, 0.2) is 5.96 Å². The Bertz CT molecular complexity index is 424. The average Bonchev–Trinajstić information content (AvgIpc) is 3.14. The zero-order valence-electron chi connectivity index (χ0n) is 12.0. The first kappa shape index (κ1) is 17.2. The van der Waals surface area contributed by atoms with Crippen molar-refractivity contribution in [3.05, 3.63) is 35.9 Å². The zero-order valence-corrected chi connectivity index (χ0v) is 14.4. The van der Waals surface area contributed by atoms with Crippen molar-refractivity contribution in [3.8, 4) is 0 Å². The number of halogens is 1. The van der Waals surface area contributed by atoms with Gasteiger partial charge in [0.1, 0.15) is 0 Å². The van der Waals surface area contributed by atoms with Crippen LogP contribution in [0.2, 0.25) is 0 Å². The van der Waals surface area contributed by atoms with Gasteiger partial charge in [0.2, 0.25) is 0 Å². The van der Waals surface area contributed by atoms with E-state index in [2.05, 4.69) is 22.5 Å². The number of hydrogen-bond acceptors (Lipinski definition) is 2. The Morgan fingerprint density at radius 2 is 2.05 bits per heavy atom. The van der Waals surface area contributed by atoms with Gasteiger partial charge in [0.05, 0.1) is 6.61 Å². The molecule has 4 nitrogen and oxygen atoms in total. The molecule has 0 amide bonds. The van der Waals surface area contributed by atoms with E-state index in [1.807, 2.05) is 30.3 Å². The van der Waals surface area contributed by atoms with E-state index >= 15 is 0 Å². The first-order chi connectivity index (χ1) is 9.24. The molecule has 0 heterocycles. The topological polar surface area (TPSA) is 56.7 Å². The van der Waals surface area contributed by atoms with Crippen molar-refractivity contribution >= 4 is 29.9 Å². The van der Waals surface area contributed by atoms with Gasteiger partial charge >= 0.3 is 0 Å². The summed E-state index contributed by atoms with van der Waals surface area (Å²) >= 11 is 0. The molecule has 1 aromatic rings. The molecule has 112 valence electrons. The molecule has 1 saturated carbocycles. The predicted octanol–water partition coefficient (Wildman–Crippen LogP) is 1.95. The molecule has 5 heteroatoms. The summed E-state index contributed by atoms with van der Waals surface area (Å²) < 4.78 is 0. The second kappa shape index (κ2) is 8.46. The lowest BCUT2D eigenvalue weighted by molar-refractivity contribution is 0.265. The van der Waals surface area contributed by atoms with Gasteiger partial charge in [-0.25, -0.2) is 0 Å². The molecule has 0 aromatic heterocycles. The monoisotopic (exact) mass is 389 g/mol. The van der Waals surface area contributed by atoms with Crippen LogP contribution in [0, 0.1) is 5.92 Å². The van der Waals surface area contributed by atoms with Crippen molar-refractivity contribution < 1.29 is 5.11 Å². The van der Waals surface area contributed by atoms with Crippen LogP contribution >= 0.6 is 24.0 Å². The van der Waals surface area contributed by atoms with Crippen molar-refractivity contribution in [1.29, 1.82) is 0 Å². The highest BCUT2D eigenvalue weighted by atomic mass is 127. The zero-order chi connectivity index (χ0) is 13.7. The van der Waals surface area contributed by atoms with Crippen LogP contribution in [0.5, 0.6) is 0 Å². The summed E-state index contributed by atoms with van der Waals surface area (Å²) in [6.07, 6.45) is 1.21. The van der Waals surface area contributed by atoms with Crippen molar-refractivity contribution in [3.63, 3.8) is 0 Å². The van der Waals surface area contributed by atoms with E-state index in [1.54, 1.807) is 7.05 Å². The third-order valence-corrected chi connectivity index (χ3v) is 3.66. The number of aliphatic hydroxyl groups is 1. The molecule has 0 aliphatic heterocycles. The number of hydrogen-bond donors (Lipinski definition) is 3. The third-order valence-electron chi connectivity index (χ3n) is 3.66. The molecular weight excluding hydrogens is 365 g/mol. The Hall–Kier alpha value is -0.820. The van der Waals surface area contributed by atoms with Crippen molar-refractivity contribution in [2.75, 3.05) is 20.2 Å². The Morgan fingerprint density at radius 3 is 2.55 bits per heavy atom. The maximum Gasteiger partial charge on any atom is 0.191 e. The van der Waals surface area contributed by atoms with Crippen LogP contribution in [-0.2, 0) is 0 Å². The van der Waals surface area contributed by atoms with Crippen molar-refractivity contribution in [2.45, 2.75) is 25.3 Å². The van der Waals surface area contributed by atoms with Gasteiger partial charge < -0.3 is 15.7 Å². The van der Waals surface area contributed by atoms with E-state index in [9.17, 15) is 5.11 Å². The lowest BCUT2D eigenvalue weighted by Gasteiger charge is -2.18. The van der Waals surface area contributed by atoms with Gasteiger partial charge in [0.25, 0.3) is 0 Å². The number of guanidine groups is 1. The van der Waals surface area contributed by atoms with E-state index in [-0.39, 0.29) is 36.5 Å². The number of benzene rings is 1. The van der Waals surface area contributed by atoms with Gasteiger partial charge in [-0.1, -0.05) is 37.3 Å². The number of aliphatic hydroxyl groups excluding tert-OH is 1. The molecule has 0 radical (unpaired) electrons. The molecule has 3 N–H and O–H groups in total. The van der Waals surface area contributed by atoms with Crippen LogP contribution in [0.1, 0.15) is 24.8 Å². The molecule has 0 bridgehead atoms. The highest BCUT2D eigenvalue weighted by Crippen LogP contribution is 2.28. The van der Waals surface area contributed by atoms with Gasteiger partial charge in [-0.15, -0.1) is 24.0 Å². The number of nitrogens with zero attached hydrogens (tertiary/aromatic N) is 1. The molecule has 0 saturated heterocycles. The second-order valence-corrected chi connectivity index (χ2v) is 5.21. The second-order valence-electron chi connectivity index (χ2n) is 5.21. The van der Waals surface area contributed by atoms with Gasteiger partial charge in [-0.3, -0.25) is 4.99 Å². The Morgan fingerprint density at radius 1 is 1.40 bits per heavy atom. The summed E-state index contributed by atoms with van der Waals surface area (Å²) in [5.41, 5.74) is 1.15. The third kappa shape index (κ3) is 4.94. The summed E-state index contributed by atoms with van der Waals surface area (Å²) in [5, 5.41) is 16.2. The van der Waals surface area contributed by atoms with Crippen LogP contribution in [0.25, 0.3) is 0 Å². The van der Waals surface area contributed by atoms with Gasteiger partial charge in [0, 0.05) is 25.6 Å². The number of rotatable bonds is 5. The average molecular weight is 389 g/mol. The summed E-state index contributed by atoms with van der Waals surface area (Å²) in [6, 6.07) is 10.6. The Labute approximate surface area is 138 Å². The minimum absolute atomic E-state index is 0. The molecule has 20 heavy (non-hydrogen) atoms. The molecule has 3 atom stereocenters. The fraction of sp³-hybridized carbons (Fsp3) is 0.533. The predicted molar refractivity (Wildman–Crippen MR) is 93.8 cm³/mol. The summed E-state index contributed by atoms with van der Waals surface area (Å²) in [6.45, 7) is 3.04. The summed E-state index contributed by atoms with van der Waals surface area (Å²) in [7, 11) is 1.78. The van der Waals surface area contributed by atoms with Crippen LogP contribution in [0.15, 0.2) is 35.3 Å². The molecule has 3 unspecified atom stereocenters. The van der Waals surface area contributed by atoms with E-state index in [4.69, 9.17) is 0 Å². The number of aliphatic imine (C=N–C) groups is 1. The fourth-order valence-corrected chi connectivity index (χ4v) is 2.13. The SMILES string of the molecule is CN=C(NCC(CO)c1ccccc1)NC1CC1C.I. The molecule has 1 aliphatic rings. The van der Waals surface area contributed by atoms with Gasteiger partial charge in [-0.2, -0.15) is 0 Å². The van der Waals surface area contributed by atoms with Crippen LogP contribution in [-0.4, -0.2) is 37.3 Å². The highest BCUT2D eigenvalue weighted by molar-refractivity contribution is 14.0. The Kier molecular flexibility index (Phi) is 7.29. The van der Waals surface area contributed by atoms with Crippen LogP contribution in [0.4, 0.5) is 0 Å². The maximum absolute atomic E-state index is 9.50. The lowest BCUT2D eigenvalue weighted by Crippen LogP contribution is -2.41. The highest BCUT2D eigenvalue weighted by Gasteiger charge is 2.33. The minimum atomic E-state index is 0. The molecule has 2 rings (SSSR count). The summed E-state index contributed by atoms with van der Waals surface area (Å²) in [4.78, 5) is 4.22. The molecule has 1 aliphatic carbocycles. The van der Waals surface area contributed by atoms with Crippen molar-refractivity contribution in [2.24, 2.45) is 10.9 Å². The van der Waals surface area contributed by atoms with E-state index in [1.165, 1.54) is 6.42 Å². The molecule has 1 aromatic carbocycles. The quantitative estimate of drug-likeness (QED) is 0.410. The number of nitrogens with one attached hydrogen (secondary N) is 2. The standard InChI is InChI=1S/C15H23N3O.HI/c1-11-8-14(11)18-15(16-2)17-9-13(10-19)12-6-4-3-5-7-12;/h3-7,11,13-14,19H,8-10H2,1-2H3,(H2,16,17,18);1H.